The zero-order chi connectivity index (χ0) is 27.9. The molecule has 0 aromatic rings. The van der Waals surface area contributed by atoms with Gasteiger partial charge in [-0.3, -0.25) is 19.3 Å². The van der Waals surface area contributed by atoms with E-state index < -0.39 is 0 Å². The highest BCUT2D eigenvalue weighted by atomic mass is 16.2. The van der Waals surface area contributed by atoms with Crippen molar-refractivity contribution in [3.05, 3.63) is 0 Å². The van der Waals surface area contributed by atoms with Crippen LogP contribution in [-0.2, 0) is 14.4 Å². The molecule has 0 saturated carbocycles. The number of carbonyl (C=O) groups is 3. The van der Waals surface area contributed by atoms with Crippen molar-refractivity contribution >= 4 is 17.7 Å². The maximum absolute atomic E-state index is 13.2. The molecule has 2 heterocycles. The van der Waals surface area contributed by atoms with Gasteiger partial charge >= 0.3 is 0 Å². The summed E-state index contributed by atoms with van der Waals surface area (Å²) in [6.45, 7) is 12.1. The Kier molecular flexibility index (Phi) is 8.65. The molecule has 32 heavy (non-hydrogen) atoms. The van der Waals surface area contributed by atoms with Crippen LogP contribution >= 0.6 is 0 Å². The van der Waals surface area contributed by atoms with E-state index in [1.54, 1.807) is 11.8 Å². The Bertz CT molecular complexity index is 655. The molecule has 2 aliphatic heterocycles. The van der Waals surface area contributed by atoms with Gasteiger partial charge in [0.2, 0.25) is 17.7 Å². The number of piperidine rings is 1. The van der Waals surface area contributed by atoms with E-state index in [0.717, 1.165) is 19.3 Å². The van der Waals surface area contributed by atoms with Crippen LogP contribution in [0.25, 0.3) is 0 Å². The van der Waals surface area contributed by atoms with Crippen LogP contribution in [-0.4, -0.2) is 44.6 Å². The Balaban J connectivity index is 0.00000291. The summed E-state index contributed by atoms with van der Waals surface area (Å²) < 4.78 is 20.0. The third kappa shape index (κ3) is 6.81. The molecule has 2 fully saturated rings. The van der Waals surface area contributed by atoms with Gasteiger partial charge in [-0.2, -0.15) is 0 Å². The van der Waals surface area contributed by atoms with Crippen LogP contribution in [0.15, 0.2) is 0 Å². The van der Waals surface area contributed by atoms with Crippen LogP contribution in [0.2, 0.25) is 0 Å². The van der Waals surface area contributed by atoms with Crippen LogP contribution in [0.1, 0.15) is 137 Å². The maximum Gasteiger partial charge on any atom is 0.233 e. The Hall–Kier alpha value is -1.39. The average Bonchev–Trinajstić information content (AvgIpc) is 3.08. The first-order valence-electron chi connectivity index (χ1n) is 15.2. The largest absolute Gasteiger partial charge is 0.333 e. The van der Waals surface area contributed by atoms with E-state index in [9.17, 15) is 14.4 Å². The lowest BCUT2D eigenvalue weighted by Gasteiger charge is -2.56. The molecule has 0 N–H and O–H groups in total. The summed E-state index contributed by atoms with van der Waals surface area (Å²) in [7, 11) is 0. The first-order valence-corrected chi connectivity index (χ1v) is 13.2. The number of imide groups is 1. The molecule has 2 saturated heterocycles. The minimum Gasteiger partial charge on any atom is -0.333 e. The quantitative estimate of drug-likeness (QED) is 0.241. The summed E-state index contributed by atoms with van der Waals surface area (Å²) in [5, 5.41) is 0. The molecule has 2 aliphatic rings. The molecular weight excluding hydrogens is 400 g/mol. The molecule has 2 rings (SSSR count). The van der Waals surface area contributed by atoms with Crippen molar-refractivity contribution < 1.29 is 20.3 Å². The predicted molar refractivity (Wildman–Crippen MR) is 134 cm³/mol. The second-order valence-electron chi connectivity index (χ2n) is 11.5. The minimum atomic E-state index is -0.382. The Morgan fingerprint density at radius 1 is 0.906 bits per heavy atom. The van der Waals surface area contributed by atoms with Crippen LogP contribution < -0.4 is 0 Å². The summed E-state index contributed by atoms with van der Waals surface area (Å²) in [5.41, 5.74) is -0.763. The van der Waals surface area contributed by atoms with Crippen molar-refractivity contribution in [2.24, 2.45) is 5.92 Å². The van der Waals surface area contributed by atoms with Crippen LogP contribution in [0, 0.1) is 5.92 Å². The number of rotatable bonds is 12. The fraction of sp³-hybridized carbons (Fsp3) is 0.889. The van der Waals surface area contributed by atoms with E-state index in [0.29, 0.717) is 19.3 Å². The second-order valence-corrected chi connectivity index (χ2v) is 11.5. The minimum absolute atomic E-state index is 0.0139. The highest BCUT2D eigenvalue weighted by Crippen LogP contribution is 2.42. The van der Waals surface area contributed by atoms with Gasteiger partial charge in [-0.25, -0.2) is 0 Å². The summed E-state index contributed by atoms with van der Waals surface area (Å²) in [6.07, 6.45) is 15.3. The summed E-state index contributed by atoms with van der Waals surface area (Å²) >= 11 is 0. The van der Waals surface area contributed by atoms with Crippen molar-refractivity contribution in [3.8, 4) is 0 Å². The molecule has 3 amide bonds. The topological polar surface area (TPSA) is 57.7 Å². The first kappa shape index (κ1) is 23.8. The lowest BCUT2D eigenvalue weighted by Crippen LogP contribution is -2.66. The van der Waals surface area contributed by atoms with Crippen molar-refractivity contribution in [2.45, 2.75) is 149 Å². The number of likely N-dealkylation sites (tertiary alicyclic amines) is 2. The zero-order valence-corrected chi connectivity index (χ0v) is 21.7. The smallest absolute Gasteiger partial charge is 0.233 e. The van der Waals surface area contributed by atoms with Crippen molar-refractivity contribution in [3.63, 3.8) is 0 Å². The van der Waals surface area contributed by atoms with Crippen molar-refractivity contribution in [1.82, 2.24) is 9.80 Å². The lowest BCUT2D eigenvalue weighted by molar-refractivity contribution is -0.155. The summed E-state index contributed by atoms with van der Waals surface area (Å²) in [4.78, 5) is 41.8. The molecule has 1 unspecified atom stereocenters. The van der Waals surface area contributed by atoms with Crippen LogP contribution in [0.4, 0.5) is 0 Å². The predicted octanol–water partition coefficient (Wildman–Crippen LogP) is 6.73. The first-order chi connectivity index (χ1) is 17.0. The Morgan fingerprint density at radius 2 is 1.38 bits per heavy atom. The molecule has 0 aromatic heterocycles. The van der Waals surface area contributed by atoms with Gasteiger partial charge in [-0.05, 0) is 47.0 Å². The molecule has 0 spiro atoms. The molecule has 1 atom stereocenters. The molecule has 188 valence electrons. The van der Waals surface area contributed by atoms with Gasteiger partial charge in [-0.1, -0.05) is 71.1 Å². The summed E-state index contributed by atoms with van der Waals surface area (Å²) in [6, 6.07) is -0.117. The monoisotopic (exact) mass is 456 g/mol. The summed E-state index contributed by atoms with van der Waals surface area (Å²) in [5.74, 6) is -0.0799. The Morgan fingerprint density at radius 3 is 1.84 bits per heavy atom. The molecule has 5 heteroatoms. The molecule has 5 nitrogen and oxygen atoms in total. The van der Waals surface area contributed by atoms with Gasteiger partial charge < -0.3 is 4.90 Å². The van der Waals surface area contributed by atoms with E-state index in [1.165, 1.54) is 51.4 Å². The average molecular weight is 457 g/mol. The fourth-order valence-corrected chi connectivity index (χ4v) is 6.47. The zero-order valence-electron chi connectivity index (χ0n) is 25.7. The van der Waals surface area contributed by atoms with Gasteiger partial charge in [0, 0.05) is 42.3 Å². The van der Waals surface area contributed by atoms with E-state index >= 15 is 0 Å². The molecule has 0 radical (unpaired) electrons. The second kappa shape index (κ2) is 11.7. The van der Waals surface area contributed by atoms with Gasteiger partial charge in [0.05, 0.1) is 0 Å². The number of hydrogen-bond acceptors (Lipinski definition) is 3. The third-order valence-electron chi connectivity index (χ3n) is 7.54. The standard InChI is InChI=1S/C27H48N2O3.2H2/c1-7-8-9-10-11-12-13-14-15-16-17-22-18-24(31)28(25(22)32)23-19-26(3,4)29(21(2)30)27(5,6)20-23;;/h22-23H,7-20H2,1-6H3;2*1H/i;2*1+1D. The van der Waals surface area contributed by atoms with Crippen LogP contribution in [0.3, 0.4) is 0 Å². The van der Waals surface area contributed by atoms with Crippen molar-refractivity contribution in [1.29, 1.82) is 0 Å². The fourth-order valence-electron chi connectivity index (χ4n) is 6.47. The van der Waals surface area contributed by atoms with Gasteiger partial charge in [-0.15, -0.1) is 0 Å². The van der Waals surface area contributed by atoms with E-state index in [4.69, 9.17) is 5.94 Å². The highest BCUT2D eigenvalue weighted by molar-refractivity contribution is 6.03. The number of hydrogen-bond donors (Lipinski definition) is 0. The van der Waals surface area contributed by atoms with Crippen molar-refractivity contribution in [2.75, 3.05) is 0 Å². The number of amides is 3. The molecule has 0 aromatic carbocycles. The van der Waals surface area contributed by atoms with Crippen LogP contribution in [0.5, 0.6) is 0 Å². The number of nitrogens with zero attached hydrogens (tertiary/aromatic N) is 2. The maximum atomic E-state index is 13.2. The lowest BCUT2D eigenvalue weighted by atomic mass is 9.76. The van der Waals surface area contributed by atoms with Gasteiger partial charge in [0.15, 0.2) is 0 Å². The molecule has 0 aliphatic carbocycles. The Labute approximate surface area is 202 Å². The number of unbranched alkanes of at least 4 members (excludes halogenated alkanes) is 9. The van der Waals surface area contributed by atoms with Gasteiger partial charge in [0.25, 0.3) is 0 Å². The molecule has 0 bridgehead atoms. The SMILES string of the molecule is CCCCCCCCCCCCC1CC(=O)N(C2CC(C)(C)N(C(C)=O)C(C)(C)C2)C1=O.[2H][2H].[2H][2H]. The normalized spacial score (nSPS) is 23.8. The van der Waals surface area contributed by atoms with E-state index in [2.05, 4.69) is 34.6 Å². The third-order valence-corrected chi connectivity index (χ3v) is 7.54. The molecular formula is C27H52N2O3. The van der Waals surface area contributed by atoms with Gasteiger partial charge in [0.1, 0.15) is 0 Å². The van der Waals surface area contributed by atoms with E-state index in [1.807, 2.05) is 4.90 Å². The number of carbonyl (C=O) groups excluding carboxylic acids is 3. The highest BCUT2D eigenvalue weighted by Gasteiger charge is 2.52. The van der Waals surface area contributed by atoms with E-state index in [-0.39, 0.29) is 40.8 Å².